The number of fused-ring (bicyclic) bond motifs is 1. The Morgan fingerprint density at radius 3 is 3.05 bits per heavy atom. The summed E-state index contributed by atoms with van der Waals surface area (Å²) in [6, 6.07) is 6.37. The van der Waals surface area contributed by atoms with Gasteiger partial charge in [-0.3, -0.25) is 9.58 Å². The minimum absolute atomic E-state index is 0.724. The fourth-order valence-corrected chi connectivity index (χ4v) is 2.40. The zero-order chi connectivity index (χ0) is 13.2. The fraction of sp³-hybridized carbons (Fsp3) is 0.429. The first-order chi connectivity index (χ1) is 9.22. The maximum absolute atomic E-state index is 5.80. The molecular formula is C14H18N4O. The van der Waals surface area contributed by atoms with E-state index in [2.05, 4.69) is 40.3 Å². The molecule has 0 radical (unpaired) electrons. The van der Waals surface area contributed by atoms with Gasteiger partial charge in [0.15, 0.2) is 0 Å². The highest BCUT2D eigenvalue weighted by Gasteiger charge is 2.16. The Kier molecular flexibility index (Phi) is 3.21. The Bertz CT molecular complexity index is 579. The van der Waals surface area contributed by atoms with E-state index in [1.165, 1.54) is 11.1 Å². The molecule has 0 aliphatic carbocycles. The largest absolute Gasteiger partial charge is 0.492 e. The molecule has 0 fully saturated rings. The van der Waals surface area contributed by atoms with Crippen molar-refractivity contribution in [1.29, 1.82) is 0 Å². The molecule has 0 unspecified atom stereocenters. The van der Waals surface area contributed by atoms with E-state index in [0.29, 0.717) is 0 Å². The predicted molar refractivity (Wildman–Crippen MR) is 71.8 cm³/mol. The van der Waals surface area contributed by atoms with Gasteiger partial charge in [-0.25, -0.2) is 0 Å². The van der Waals surface area contributed by atoms with Crippen LogP contribution in [0.25, 0.3) is 0 Å². The molecule has 3 rings (SSSR count). The van der Waals surface area contributed by atoms with Crippen molar-refractivity contribution >= 4 is 0 Å². The van der Waals surface area contributed by atoms with Crippen LogP contribution in [0.1, 0.15) is 16.8 Å². The van der Waals surface area contributed by atoms with E-state index >= 15 is 0 Å². The molecule has 1 aromatic heterocycles. The summed E-state index contributed by atoms with van der Waals surface area (Å²) < 4.78 is 7.63. The van der Waals surface area contributed by atoms with Crippen LogP contribution in [0.5, 0.6) is 5.75 Å². The topological polar surface area (TPSA) is 43.2 Å². The standard InChI is InChI=1S/C14H18N4O/c1-11-3-4-14-12(7-11)9-18(5-6-19-14)10-13-8-15-16-17(13)2/h3-4,7-8H,5-6,9-10H2,1-2H3. The van der Waals surface area contributed by atoms with Crippen molar-refractivity contribution in [2.24, 2.45) is 7.05 Å². The van der Waals surface area contributed by atoms with E-state index < -0.39 is 0 Å². The van der Waals surface area contributed by atoms with Crippen LogP contribution < -0.4 is 4.74 Å². The van der Waals surface area contributed by atoms with Crippen LogP contribution in [0, 0.1) is 6.92 Å². The minimum atomic E-state index is 0.724. The molecule has 1 aliphatic heterocycles. The third-order valence-electron chi connectivity index (χ3n) is 3.47. The summed E-state index contributed by atoms with van der Waals surface area (Å²) in [7, 11) is 1.93. The highest BCUT2D eigenvalue weighted by molar-refractivity contribution is 5.37. The van der Waals surface area contributed by atoms with Crippen molar-refractivity contribution in [3.63, 3.8) is 0 Å². The average molecular weight is 258 g/mol. The number of aromatic nitrogens is 3. The lowest BCUT2D eigenvalue weighted by Gasteiger charge is -2.18. The van der Waals surface area contributed by atoms with Crippen molar-refractivity contribution in [3.8, 4) is 5.75 Å². The fourth-order valence-electron chi connectivity index (χ4n) is 2.40. The Labute approximate surface area is 112 Å². The zero-order valence-electron chi connectivity index (χ0n) is 11.3. The van der Waals surface area contributed by atoms with Gasteiger partial charge in [0, 0.05) is 32.2 Å². The molecule has 19 heavy (non-hydrogen) atoms. The molecule has 2 heterocycles. The Morgan fingerprint density at radius 2 is 2.26 bits per heavy atom. The molecule has 5 heteroatoms. The van der Waals surface area contributed by atoms with Crippen LogP contribution in [0.4, 0.5) is 0 Å². The molecule has 0 N–H and O–H groups in total. The van der Waals surface area contributed by atoms with Crippen molar-refractivity contribution < 1.29 is 4.74 Å². The minimum Gasteiger partial charge on any atom is -0.492 e. The maximum Gasteiger partial charge on any atom is 0.123 e. The van der Waals surface area contributed by atoms with Crippen LogP contribution in [0.15, 0.2) is 24.4 Å². The molecule has 0 saturated heterocycles. The van der Waals surface area contributed by atoms with Crippen LogP contribution >= 0.6 is 0 Å². The van der Waals surface area contributed by atoms with E-state index in [0.717, 1.165) is 37.7 Å². The average Bonchev–Trinajstić information content (AvgIpc) is 2.67. The molecule has 0 saturated carbocycles. The van der Waals surface area contributed by atoms with E-state index in [-0.39, 0.29) is 0 Å². The third-order valence-corrected chi connectivity index (χ3v) is 3.47. The molecule has 100 valence electrons. The number of rotatable bonds is 2. The lowest BCUT2D eigenvalue weighted by Crippen LogP contribution is -2.26. The summed E-state index contributed by atoms with van der Waals surface area (Å²) in [6.07, 6.45) is 1.82. The van der Waals surface area contributed by atoms with Gasteiger partial charge >= 0.3 is 0 Å². The second-order valence-electron chi connectivity index (χ2n) is 5.02. The maximum atomic E-state index is 5.80. The van der Waals surface area contributed by atoms with Gasteiger partial charge < -0.3 is 4.74 Å². The lowest BCUT2D eigenvalue weighted by atomic mass is 10.1. The van der Waals surface area contributed by atoms with Gasteiger partial charge in [0.2, 0.25) is 0 Å². The summed E-state index contributed by atoms with van der Waals surface area (Å²) in [6.45, 7) is 5.50. The van der Waals surface area contributed by atoms with Crippen LogP contribution in [0.2, 0.25) is 0 Å². The number of ether oxygens (including phenoxy) is 1. The van der Waals surface area contributed by atoms with E-state index in [1.807, 2.05) is 17.9 Å². The summed E-state index contributed by atoms with van der Waals surface area (Å²) in [4.78, 5) is 2.37. The van der Waals surface area contributed by atoms with Gasteiger partial charge in [0.1, 0.15) is 12.4 Å². The normalized spacial score (nSPS) is 15.7. The molecule has 0 bridgehead atoms. The highest BCUT2D eigenvalue weighted by atomic mass is 16.5. The molecule has 5 nitrogen and oxygen atoms in total. The monoisotopic (exact) mass is 258 g/mol. The summed E-state index contributed by atoms with van der Waals surface area (Å²) in [5.41, 5.74) is 3.65. The Hall–Kier alpha value is -1.88. The summed E-state index contributed by atoms with van der Waals surface area (Å²) in [5, 5.41) is 7.90. The Balaban J connectivity index is 1.80. The van der Waals surface area contributed by atoms with E-state index in [9.17, 15) is 0 Å². The van der Waals surface area contributed by atoms with Crippen LogP contribution in [-0.2, 0) is 20.1 Å². The summed E-state index contributed by atoms with van der Waals surface area (Å²) in [5.74, 6) is 1.01. The van der Waals surface area contributed by atoms with Crippen molar-refractivity contribution in [2.75, 3.05) is 13.2 Å². The first kappa shape index (κ1) is 12.2. The predicted octanol–water partition coefficient (Wildman–Crippen LogP) is 1.52. The van der Waals surface area contributed by atoms with Crippen molar-refractivity contribution in [3.05, 3.63) is 41.2 Å². The van der Waals surface area contributed by atoms with Gasteiger partial charge in [-0.15, -0.1) is 5.10 Å². The molecular weight excluding hydrogens is 240 g/mol. The highest BCUT2D eigenvalue weighted by Crippen LogP contribution is 2.24. The van der Waals surface area contributed by atoms with Crippen LogP contribution in [-0.4, -0.2) is 33.0 Å². The molecule has 0 atom stereocenters. The zero-order valence-corrected chi connectivity index (χ0v) is 11.3. The molecule has 2 aromatic rings. The van der Waals surface area contributed by atoms with Gasteiger partial charge in [-0.1, -0.05) is 22.9 Å². The quantitative estimate of drug-likeness (QED) is 0.819. The van der Waals surface area contributed by atoms with E-state index in [1.54, 1.807) is 0 Å². The number of hydrogen-bond acceptors (Lipinski definition) is 4. The molecule has 1 aliphatic rings. The van der Waals surface area contributed by atoms with Crippen LogP contribution in [0.3, 0.4) is 0 Å². The smallest absolute Gasteiger partial charge is 0.123 e. The van der Waals surface area contributed by atoms with Crippen molar-refractivity contribution in [2.45, 2.75) is 20.0 Å². The van der Waals surface area contributed by atoms with Crippen molar-refractivity contribution in [1.82, 2.24) is 19.9 Å². The second kappa shape index (κ2) is 5.01. The third kappa shape index (κ3) is 2.61. The first-order valence-corrected chi connectivity index (χ1v) is 6.50. The van der Waals surface area contributed by atoms with Gasteiger partial charge in [-0.2, -0.15) is 0 Å². The number of nitrogens with zero attached hydrogens (tertiary/aromatic N) is 4. The summed E-state index contributed by atoms with van der Waals surface area (Å²) >= 11 is 0. The molecule has 0 amide bonds. The molecule has 0 spiro atoms. The first-order valence-electron chi connectivity index (χ1n) is 6.50. The number of hydrogen-bond donors (Lipinski definition) is 0. The van der Waals surface area contributed by atoms with Gasteiger partial charge in [-0.05, 0) is 13.0 Å². The van der Waals surface area contributed by atoms with E-state index in [4.69, 9.17) is 4.74 Å². The SMILES string of the molecule is Cc1ccc2c(c1)CN(Cc1cnnn1C)CCO2. The lowest BCUT2D eigenvalue weighted by molar-refractivity contribution is 0.215. The number of benzene rings is 1. The van der Waals surface area contributed by atoms with Gasteiger partial charge in [0.05, 0.1) is 11.9 Å². The number of aryl methyl sites for hydroxylation is 2. The Morgan fingerprint density at radius 1 is 1.37 bits per heavy atom. The molecule has 1 aromatic carbocycles. The second-order valence-corrected chi connectivity index (χ2v) is 5.02. The van der Waals surface area contributed by atoms with Gasteiger partial charge in [0.25, 0.3) is 0 Å².